The van der Waals surface area contributed by atoms with Gasteiger partial charge >= 0.3 is 0 Å². The van der Waals surface area contributed by atoms with Crippen molar-refractivity contribution in [2.45, 2.75) is 31.8 Å². The van der Waals surface area contributed by atoms with Gasteiger partial charge in [-0.05, 0) is 32.9 Å². The molecule has 1 heterocycles. The van der Waals surface area contributed by atoms with Crippen LogP contribution < -0.4 is 5.32 Å². The van der Waals surface area contributed by atoms with E-state index in [4.69, 9.17) is 4.74 Å². The predicted molar refractivity (Wildman–Crippen MR) is 68.8 cm³/mol. The Hall–Kier alpha value is -0.380. The molecule has 0 bridgehead atoms. The Kier molecular flexibility index (Phi) is 7.47. The van der Waals surface area contributed by atoms with E-state index in [2.05, 4.69) is 23.8 Å². The molecule has 1 rings (SSSR count). The van der Waals surface area contributed by atoms with Crippen LogP contribution in [0.3, 0.4) is 0 Å². The maximum Gasteiger partial charge on any atom is 0.0826 e. The molecule has 3 nitrogen and oxygen atoms in total. The van der Waals surface area contributed by atoms with Gasteiger partial charge in [0.15, 0.2) is 0 Å². The highest BCUT2D eigenvalue weighted by Gasteiger charge is 2.14. The summed E-state index contributed by atoms with van der Waals surface area (Å²) in [5.74, 6) is 0. The van der Waals surface area contributed by atoms with Gasteiger partial charge in [-0.25, -0.2) is 0 Å². The van der Waals surface area contributed by atoms with Gasteiger partial charge in [-0.3, -0.25) is 0 Å². The lowest BCUT2D eigenvalue weighted by molar-refractivity contribution is 0.00987. The van der Waals surface area contributed by atoms with Crippen molar-refractivity contribution >= 4 is 0 Å². The monoisotopic (exact) mass is 226 g/mol. The van der Waals surface area contributed by atoms with E-state index in [1.165, 1.54) is 25.8 Å². The summed E-state index contributed by atoms with van der Waals surface area (Å²) < 4.78 is 5.68. The summed E-state index contributed by atoms with van der Waals surface area (Å²) in [6, 6.07) is 0. The molecule has 0 aliphatic carbocycles. The Morgan fingerprint density at radius 1 is 1.44 bits per heavy atom. The molecular formula is C13H26N2O. The molecule has 16 heavy (non-hydrogen) atoms. The summed E-state index contributed by atoms with van der Waals surface area (Å²) in [5.41, 5.74) is 0. The Morgan fingerprint density at radius 3 is 3.00 bits per heavy atom. The Morgan fingerprint density at radius 2 is 2.31 bits per heavy atom. The first kappa shape index (κ1) is 13.7. The molecule has 0 amide bonds. The van der Waals surface area contributed by atoms with Crippen molar-refractivity contribution < 1.29 is 4.74 Å². The molecule has 1 N–H and O–H groups in total. The number of unbranched alkanes of at least 4 members (excludes halogenated alkanes) is 3. The minimum Gasteiger partial charge on any atom is -0.374 e. The lowest BCUT2D eigenvalue weighted by Crippen LogP contribution is -2.44. The largest absolute Gasteiger partial charge is 0.374 e. The summed E-state index contributed by atoms with van der Waals surface area (Å²) in [4.78, 5) is 2.38. The standard InChI is InChI=1S/C13H26N2O/c1-3-4-5-6-7-9-15(2)12-13-11-14-8-10-16-13/h3,13-14H,1,4-12H2,2H3. The van der Waals surface area contributed by atoms with Crippen LogP contribution in [0.1, 0.15) is 25.7 Å². The van der Waals surface area contributed by atoms with Gasteiger partial charge in [0.2, 0.25) is 0 Å². The summed E-state index contributed by atoms with van der Waals surface area (Å²) in [5, 5.41) is 3.36. The van der Waals surface area contributed by atoms with E-state index < -0.39 is 0 Å². The van der Waals surface area contributed by atoms with Gasteiger partial charge in [0.25, 0.3) is 0 Å². The highest BCUT2D eigenvalue weighted by molar-refractivity contribution is 4.70. The normalized spacial score (nSPS) is 21.2. The van der Waals surface area contributed by atoms with E-state index in [0.29, 0.717) is 6.10 Å². The average Bonchev–Trinajstić information content (AvgIpc) is 2.30. The molecule has 0 aromatic carbocycles. The average molecular weight is 226 g/mol. The molecule has 1 aliphatic heterocycles. The molecular weight excluding hydrogens is 200 g/mol. The molecule has 3 heteroatoms. The molecule has 1 unspecified atom stereocenters. The summed E-state index contributed by atoms with van der Waals surface area (Å²) in [6.07, 6.45) is 7.40. The fourth-order valence-corrected chi connectivity index (χ4v) is 2.02. The van der Waals surface area contributed by atoms with E-state index >= 15 is 0 Å². The van der Waals surface area contributed by atoms with E-state index in [9.17, 15) is 0 Å². The molecule has 0 aromatic rings. The number of morpholine rings is 1. The SMILES string of the molecule is C=CCCCCCN(C)CC1CNCCO1. The van der Waals surface area contributed by atoms with Crippen LogP contribution in [0.15, 0.2) is 12.7 Å². The number of allylic oxidation sites excluding steroid dienone is 1. The minimum absolute atomic E-state index is 0.381. The summed E-state index contributed by atoms with van der Waals surface area (Å²) >= 11 is 0. The Labute approximate surface area is 99.8 Å². The van der Waals surface area contributed by atoms with Crippen molar-refractivity contribution in [3.8, 4) is 0 Å². The first-order valence-electron chi connectivity index (χ1n) is 6.44. The fourth-order valence-electron chi connectivity index (χ4n) is 2.02. The third-order valence-corrected chi connectivity index (χ3v) is 2.97. The number of hydrogen-bond acceptors (Lipinski definition) is 3. The van der Waals surface area contributed by atoms with Crippen LogP contribution in [0.25, 0.3) is 0 Å². The van der Waals surface area contributed by atoms with E-state index in [1.54, 1.807) is 0 Å². The molecule has 0 radical (unpaired) electrons. The molecule has 0 aromatic heterocycles. The molecule has 1 fully saturated rings. The highest BCUT2D eigenvalue weighted by atomic mass is 16.5. The fraction of sp³-hybridized carbons (Fsp3) is 0.846. The van der Waals surface area contributed by atoms with Crippen LogP contribution in [-0.4, -0.2) is 50.8 Å². The van der Waals surface area contributed by atoms with Gasteiger partial charge in [-0.2, -0.15) is 0 Å². The Balaban J connectivity index is 1.96. The molecule has 1 saturated heterocycles. The van der Waals surface area contributed by atoms with E-state index in [-0.39, 0.29) is 0 Å². The van der Waals surface area contributed by atoms with Crippen molar-refractivity contribution in [2.75, 3.05) is 39.8 Å². The molecule has 1 atom stereocenters. The number of rotatable bonds is 8. The number of nitrogens with one attached hydrogen (secondary N) is 1. The van der Waals surface area contributed by atoms with Gasteiger partial charge in [-0.1, -0.05) is 12.5 Å². The van der Waals surface area contributed by atoms with Crippen molar-refractivity contribution in [3.63, 3.8) is 0 Å². The predicted octanol–water partition coefficient (Wildman–Crippen LogP) is 1.65. The second-order valence-electron chi connectivity index (χ2n) is 4.60. The maximum atomic E-state index is 5.68. The van der Waals surface area contributed by atoms with Crippen molar-refractivity contribution in [2.24, 2.45) is 0 Å². The smallest absolute Gasteiger partial charge is 0.0826 e. The van der Waals surface area contributed by atoms with E-state index in [0.717, 1.165) is 32.7 Å². The molecule has 0 saturated carbocycles. The molecule has 0 spiro atoms. The number of ether oxygens (including phenoxy) is 1. The highest BCUT2D eigenvalue weighted by Crippen LogP contribution is 2.03. The van der Waals surface area contributed by atoms with Crippen LogP contribution >= 0.6 is 0 Å². The lowest BCUT2D eigenvalue weighted by atomic mass is 10.2. The zero-order chi connectivity index (χ0) is 11.6. The van der Waals surface area contributed by atoms with Gasteiger partial charge in [0, 0.05) is 19.6 Å². The van der Waals surface area contributed by atoms with Crippen molar-refractivity contribution in [1.29, 1.82) is 0 Å². The van der Waals surface area contributed by atoms with Crippen LogP contribution in [0.4, 0.5) is 0 Å². The van der Waals surface area contributed by atoms with Gasteiger partial charge in [0.05, 0.1) is 12.7 Å². The third-order valence-electron chi connectivity index (χ3n) is 2.97. The number of nitrogens with zero attached hydrogens (tertiary/aromatic N) is 1. The van der Waals surface area contributed by atoms with Gasteiger partial charge in [-0.15, -0.1) is 6.58 Å². The van der Waals surface area contributed by atoms with Crippen LogP contribution in [0, 0.1) is 0 Å². The van der Waals surface area contributed by atoms with Crippen molar-refractivity contribution in [3.05, 3.63) is 12.7 Å². The summed E-state index contributed by atoms with van der Waals surface area (Å²) in [7, 11) is 2.19. The topological polar surface area (TPSA) is 24.5 Å². The first-order valence-corrected chi connectivity index (χ1v) is 6.44. The maximum absolute atomic E-state index is 5.68. The van der Waals surface area contributed by atoms with Crippen LogP contribution in [0.5, 0.6) is 0 Å². The number of hydrogen-bond donors (Lipinski definition) is 1. The second kappa shape index (κ2) is 8.74. The zero-order valence-corrected chi connectivity index (χ0v) is 10.6. The molecule has 1 aliphatic rings. The number of likely N-dealkylation sites (N-methyl/N-ethyl adjacent to an activating group) is 1. The van der Waals surface area contributed by atoms with E-state index in [1.807, 2.05) is 6.08 Å². The Bertz CT molecular complexity index is 179. The first-order chi connectivity index (χ1) is 7.83. The van der Waals surface area contributed by atoms with Gasteiger partial charge in [0.1, 0.15) is 0 Å². The van der Waals surface area contributed by atoms with Crippen molar-refractivity contribution in [1.82, 2.24) is 10.2 Å². The second-order valence-corrected chi connectivity index (χ2v) is 4.60. The minimum atomic E-state index is 0.381. The third kappa shape index (κ3) is 6.26. The van der Waals surface area contributed by atoms with Crippen LogP contribution in [0.2, 0.25) is 0 Å². The quantitative estimate of drug-likeness (QED) is 0.503. The lowest BCUT2D eigenvalue weighted by Gasteiger charge is -2.27. The zero-order valence-electron chi connectivity index (χ0n) is 10.6. The van der Waals surface area contributed by atoms with Crippen LogP contribution in [-0.2, 0) is 4.74 Å². The summed E-state index contributed by atoms with van der Waals surface area (Å²) in [6.45, 7) is 8.83. The molecule has 94 valence electrons. The van der Waals surface area contributed by atoms with Gasteiger partial charge < -0.3 is 15.0 Å².